The molecule has 0 aliphatic rings. The molecule has 0 aromatic heterocycles. The Bertz CT molecular complexity index is 366. The Morgan fingerprint density at radius 1 is 1.60 bits per heavy atom. The molecule has 0 spiro atoms. The summed E-state index contributed by atoms with van der Waals surface area (Å²) in [5, 5.41) is 8.73. The Morgan fingerprint density at radius 3 is 2.80 bits per heavy atom. The van der Waals surface area contributed by atoms with E-state index in [1.165, 1.54) is 0 Å². The van der Waals surface area contributed by atoms with E-state index < -0.39 is 12.0 Å². The molecule has 0 saturated carbocycles. The number of hydrogen-bond acceptors (Lipinski definition) is 3. The first-order chi connectivity index (χ1) is 7.04. The van der Waals surface area contributed by atoms with Crippen molar-refractivity contribution in [3.63, 3.8) is 0 Å². The third kappa shape index (κ3) is 3.25. The van der Waals surface area contributed by atoms with Gasteiger partial charge in [0.1, 0.15) is 6.04 Å². The smallest absolute Gasteiger partial charge is 0.320 e. The number of carboxylic acids is 1. The number of hydrogen-bond donors (Lipinski definition) is 2. The summed E-state index contributed by atoms with van der Waals surface area (Å²) in [5.74, 6) is -0.955. The van der Waals surface area contributed by atoms with Crippen molar-refractivity contribution in [2.45, 2.75) is 24.3 Å². The lowest BCUT2D eigenvalue weighted by Crippen LogP contribution is -2.32. The summed E-state index contributed by atoms with van der Waals surface area (Å²) in [6.07, 6.45) is 2.38. The maximum Gasteiger partial charge on any atom is 0.320 e. The van der Waals surface area contributed by atoms with Gasteiger partial charge in [-0.1, -0.05) is 6.07 Å². The highest BCUT2D eigenvalue weighted by atomic mass is 32.2. The molecule has 82 valence electrons. The Hall–Kier alpha value is -1.00. The predicted octanol–water partition coefficient (Wildman–Crippen LogP) is 1.67. The first-order valence-electron chi connectivity index (χ1n) is 4.66. The van der Waals surface area contributed by atoms with Crippen LogP contribution in [0.15, 0.2) is 23.1 Å². The van der Waals surface area contributed by atoms with Crippen LogP contribution in [-0.4, -0.2) is 23.4 Å². The first-order valence-corrected chi connectivity index (χ1v) is 5.89. The van der Waals surface area contributed by atoms with Crippen LogP contribution in [-0.2, 0) is 11.2 Å². The van der Waals surface area contributed by atoms with Crippen LogP contribution in [0.3, 0.4) is 0 Å². The zero-order chi connectivity index (χ0) is 11.4. The monoisotopic (exact) mass is 225 g/mol. The number of aliphatic carboxylic acids is 1. The summed E-state index contributed by atoms with van der Waals surface area (Å²) < 4.78 is 0. The van der Waals surface area contributed by atoms with Crippen molar-refractivity contribution in [3.8, 4) is 0 Å². The Labute approximate surface area is 93.7 Å². The number of nitrogens with two attached hydrogens (primary N) is 1. The van der Waals surface area contributed by atoms with Crippen molar-refractivity contribution in [2.24, 2.45) is 5.73 Å². The average molecular weight is 225 g/mol. The molecule has 4 heteroatoms. The number of rotatable bonds is 4. The summed E-state index contributed by atoms with van der Waals surface area (Å²) >= 11 is 1.64. The highest BCUT2D eigenvalue weighted by molar-refractivity contribution is 7.98. The van der Waals surface area contributed by atoms with Crippen LogP contribution in [0.2, 0.25) is 0 Å². The van der Waals surface area contributed by atoms with Crippen molar-refractivity contribution in [2.75, 3.05) is 6.26 Å². The largest absolute Gasteiger partial charge is 0.480 e. The first kappa shape index (κ1) is 12.1. The van der Waals surface area contributed by atoms with Crippen molar-refractivity contribution in [1.82, 2.24) is 0 Å². The van der Waals surface area contributed by atoms with Gasteiger partial charge in [-0.2, -0.15) is 0 Å². The zero-order valence-electron chi connectivity index (χ0n) is 8.86. The SMILES string of the molecule is CSc1ccc(C)c(CC(N)C(=O)O)c1. The fourth-order valence-corrected chi connectivity index (χ4v) is 1.78. The molecule has 0 fully saturated rings. The van der Waals surface area contributed by atoms with Gasteiger partial charge in [0.15, 0.2) is 0 Å². The van der Waals surface area contributed by atoms with Crippen LogP contribution in [0, 0.1) is 6.92 Å². The van der Waals surface area contributed by atoms with Crippen LogP contribution in [0.25, 0.3) is 0 Å². The lowest BCUT2D eigenvalue weighted by molar-refractivity contribution is -0.138. The molecule has 0 saturated heterocycles. The number of thioether (sulfide) groups is 1. The van der Waals surface area contributed by atoms with E-state index in [4.69, 9.17) is 10.8 Å². The highest BCUT2D eigenvalue weighted by Crippen LogP contribution is 2.19. The quantitative estimate of drug-likeness (QED) is 0.765. The molecule has 0 bridgehead atoms. The standard InChI is InChI=1S/C11H15NO2S/c1-7-3-4-9(15-2)5-8(7)6-10(12)11(13)14/h3-5,10H,6,12H2,1-2H3,(H,13,14). The van der Waals surface area contributed by atoms with E-state index in [0.29, 0.717) is 6.42 Å². The van der Waals surface area contributed by atoms with Crippen molar-refractivity contribution in [3.05, 3.63) is 29.3 Å². The van der Waals surface area contributed by atoms with Crippen molar-refractivity contribution < 1.29 is 9.90 Å². The van der Waals surface area contributed by atoms with Gasteiger partial charge in [0.05, 0.1) is 0 Å². The maximum atomic E-state index is 10.6. The lowest BCUT2D eigenvalue weighted by atomic mass is 10.0. The molecule has 0 aliphatic heterocycles. The van der Waals surface area contributed by atoms with Crippen LogP contribution in [0.5, 0.6) is 0 Å². The Kier molecular flexibility index (Phi) is 4.17. The topological polar surface area (TPSA) is 63.3 Å². The van der Waals surface area contributed by atoms with E-state index in [9.17, 15) is 4.79 Å². The molecule has 1 unspecified atom stereocenters. The van der Waals surface area contributed by atoms with Crippen LogP contribution in [0.4, 0.5) is 0 Å². The third-order valence-electron chi connectivity index (χ3n) is 2.31. The lowest BCUT2D eigenvalue weighted by Gasteiger charge is -2.10. The van der Waals surface area contributed by atoms with Gasteiger partial charge in [-0.25, -0.2) is 0 Å². The van der Waals surface area contributed by atoms with Gasteiger partial charge in [-0.05, 0) is 42.9 Å². The average Bonchev–Trinajstić information content (AvgIpc) is 2.21. The van der Waals surface area contributed by atoms with E-state index in [1.54, 1.807) is 11.8 Å². The fourth-order valence-electron chi connectivity index (χ4n) is 1.32. The molecular formula is C11H15NO2S. The molecule has 0 radical (unpaired) electrons. The molecule has 1 rings (SSSR count). The van der Waals surface area contributed by atoms with E-state index in [2.05, 4.69) is 0 Å². The van der Waals surface area contributed by atoms with Gasteiger partial charge in [0, 0.05) is 4.90 Å². The summed E-state index contributed by atoms with van der Waals surface area (Å²) in [4.78, 5) is 11.8. The van der Waals surface area contributed by atoms with E-state index >= 15 is 0 Å². The molecule has 1 aromatic carbocycles. The predicted molar refractivity (Wildman–Crippen MR) is 62.3 cm³/mol. The fraction of sp³-hybridized carbons (Fsp3) is 0.364. The minimum atomic E-state index is -0.955. The van der Waals surface area contributed by atoms with Crippen LogP contribution in [0.1, 0.15) is 11.1 Å². The minimum absolute atomic E-state index is 0.384. The van der Waals surface area contributed by atoms with Gasteiger partial charge >= 0.3 is 5.97 Å². The molecule has 0 heterocycles. The summed E-state index contributed by atoms with van der Waals surface area (Å²) in [5.41, 5.74) is 7.60. The van der Waals surface area contributed by atoms with Crippen LogP contribution >= 0.6 is 11.8 Å². The molecule has 3 N–H and O–H groups in total. The number of benzene rings is 1. The molecular weight excluding hydrogens is 210 g/mol. The van der Waals surface area contributed by atoms with Crippen LogP contribution < -0.4 is 5.73 Å². The molecule has 15 heavy (non-hydrogen) atoms. The van der Waals surface area contributed by atoms with Gasteiger partial charge in [0.25, 0.3) is 0 Å². The number of aryl methyl sites for hydroxylation is 1. The molecule has 1 aromatic rings. The minimum Gasteiger partial charge on any atom is -0.480 e. The summed E-state index contributed by atoms with van der Waals surface area (Å²) in [7, 11) is 0. The van der Waals surface area contributed by atoms with Gasteiger partial charge in [-0.3, -0.25) is 4.79 Å². The second kappa shape index (κ2) is 5.19. The maximum absolute atomic E-state index is 10.6. The molecule has 0 aliphatic carbocycles. The molecule has 0 amide bonds. The normalized spacial score (nSPS) is 12.5. The highest BCUT2D eigenvalue weighted by Gasteiger charge is 2.13. The zero-order valence-corrected chi connectivity index (χ0v) is 9.67. The van der Waals surface area contributed by atoms with E-state index in [1.807, 2.05) is 31.4 Å². The van der Waals surface area contributed by atoms with Crippen molar-refractivity contribution in [1.29, 1.82) is 0 Å². The summed E-state index contributed by atoms with van der Waals surface area (Å²) in [6, 6.07) is 5.20. The van der Waals surface area contributed by atoms with E-state index in [-0.39, 0.29) is 0 Å². The number of carbonyl (C=O) groups is 1. The van der Waals surface area contributed by atoms with Gasteiger partial charge in [0.2, 0.25) is 0 Å². The molecule has 3 nitrogen and oxygen atoms in total. The van der Waals surface area contributed by atoms with Gasteiger partial charge < -0.3 is 10.8 Å². The Balaban J connectivity index is 2.88. The third-order valence-corrected chi connectivity index (χ3v) is 3.04. The Morgan fingerprint density at radius 2 is 2.27 bits per heavy atom. The van der Waals surface area contributed by atoms with Crippen molar-refractivity contribution >= 4 is 17.7 Å². The van der Waals surface area contributed by atoms with E-state index in [0.717, 1.165) is 16.0 Å². The summed E-state index contributed by atoms with van der Waals surface area (Å²) in [6.45, 7) is 1.97. The second-order valence-corrected chi connectivity index (χ2v) is 4.32. The second-order valence-electron chi connectivity index (χ2n) is 3.44. The van der Waals surface area contributed by atoms with Gasteiger partial charge in [-0.15, -0.1) is 11.8 Å². The number of carboxylic acid groups (broad SMARTS) is 1. The molecule has 1 atom stereocenters.